The van der Waals surface area contributed by atoms with Gasteiger partial charge in [0.25, 0.3) is 5.69 Å². The predicted octanol–water partition coefficient (Wildman–Crippen LogP) is 4.67. The van der Waals surface area contributed by atoms with Crippen LogP contribution in [0.2, 0.25) is 0 Å². The number of piperidine rings is 1. The van der Waals surface area contributed by atoms with Crippen LogP contribution in [0.25, 0.3) is 0 Å². The Balaban J connectivity index is 1.35. The van der Waals surface area contributed by atoms with Crippen LogP contribution >= 0.6 is 11.3 Å². The lowest BCUT2D eigenvalue weighted by molar-refractivity contribution is -0.384. The smallest absolute Gasteiger partial charge is 0.338 e. The summed E-state index contributed by atoms with van der Waals surface area (Å²) in [6.45, 7) is 5.14. The summed E-state index contributed by atoms with van der Waals surface area (Å²) in [5.41, 5.74) is 8.36. The molecule has 2 unspecified atom stereocenters. The van der Waals surface area contributed by atoms with E-state index < -0.39 is 28.9 Å². The number of nitrogens with two attached hydrogens (primary N) is 1. The molecule has 0 radical (unpaired) electrons. The van der Waals surface area contributed by atoms with Gasteiger partial charge in [-0.3, -0.25) is 19.9 Å². The molecule has 0 amide bonds. The van der Waals surface area contributed by atoms with E-state index in [0.29, 0.717) is 37.3 Å². The molecule has 3 N–H and O–H groups in total. The highest BCUT2D eigenvalue weighted by molar-refractivity contribution is 7.09. The summed E-state index contributed by atoms with van der Waals surface area (Å²) in [7, 11) is 1.94. The van der Waals surface area contributed by atoms with Gasteiger partial charge in [0.1, 0.15) is 18.5 Å². The van der Waals surface area contributed by atoms with E-state index in [1.807, 2.05) is 47.7 Å². The molecule has 0 saturated carbocycles. The largest absolute Gasteiger partial charge is 0.461 e. The van der Waals surface area contributed by atoms with Gasteiger partial charge in [0, 0.05) is 48.9 Å². The number of dihydropyridines is 1. The number of esters is 2. The number of nitrogens with zero attached hydrogens (tertiary/aromatic N) is 3. The Labute approximate surface area is 272 Å². The average molecular weight is 646 g/mol. The van der Waals surface area contributed by atoms with E-state index in [0.717, 1.165) is 19.5 Å². The van der Waals surface area contributed by atoms with Crippen molar-refractivity contribution in [2.24, 2.45) is 5.73 Å². The lowest BCUT2D eigenvalue weighted by Crippen LogP contribution is -2.42. The molecule has 0 spiro atoms. The van der Waals surface area contributed by atoms with Crippen molar-refractivity contribution in [3.8, 4) is 0 Å². The zero-order chi connectivity index (χ0) is 32.6. The SMILES string of the molecule is CC1=C(C(=O)OCCN(C)Cc2cccs2)C(c2cccc([N+](=O)[O-])c2)C(C(=O)OC2CCCN(Cc3ccccc3)C2)=C(N)N1. The lowest BCUT2D eigenvalue weighted by Gasteiger charge is -2.34. The summed E-state index contributed by atoms with van der Waals surface area (Å²) in [5, 5.41) is 16.7. The second-order valence-corrected chi connectivity index (χ2v) is 12.7. The van der Waals surface area contributed by atoms with Crippen LogP contribution in [0.5, 0.6) is 0 Å². The first-order valence-corrected chi connectivity index (χ1v) is 16.1. The number of hydrogen-bond acceptors (Lipinski definition) is 11. The minimum atomic E-state index is -1.03. The van der Waals surface area contributed by atoms with Gasteiger partial charge in [0.2, 0.25) is 0 Å². The zero-order valence-electron chi connectivity index (χ0n) is 26.0. The van der Waals surface area contributed by atoms with E-state index in [9.17, 15) is 19.7 Å². The normalized spacial score (nSPS) is 18.8. The summed E-state index contributed by atoms with van der Waals surface area (Å²) in [6.07, 6.45) is 1.14. The van der Waals surface area contributed by atoms with Crippen LogP contribution in [-0.4, -0.2) is 66.1 Å². The number of nitro groups is 1. The third-order valence-electron chi connectivity index (χ3n) is 8.14. The first-order chi connectivity index (χ1) is 22.2. The Morgan fingerprint density at radius 2 is 1.91 bits per heavy atom. The number of non-ortho nitro benzene ring substituents is 1. The van der Waals surface area contributed by atoms with Gasteiger partial charge in [-0.1, -0.05) is 48.5 Å². The Morgan fingerprint density at radius 3 is 2.65 bits per heavy atom. The van der Waals surface area contributed by atoms with Crippen LogP contribution in [-0.2, 0) is 32.2 Å². The van der Waals surface area contributed by atoms with E-state index >= 15 is 0 Å². The number of carbonyl (C=O) groups excluding carboxylic acids is 2. The van der Waals surface area contributed by atoms with Crippen LogP contribution in [0.1, 0.15) is 41.7 Å². The summed E-state index contributed by atoms with van der Waals surface area (Å²) < 4.78 is 11.8. The van der Waals surface area contributed by atoms with Crippen molar-refractivity contribution in [3.05, 3.63) is 121 Å². The highest BCUT2D eigenvalue weighted by Gasteiger charge is 2.40. The molecule has 242 valence electrons. The van der Waals surface area contributed by atoms with Crippen LogP contribution in [0, 0.1) is 10.1 Å². The number of benzene rings is 2. The molecule has 2 aliphatic rings. The number of nitro benzene ring substituents is 1. The molecule has 46 heavy (non-hydrogen) atoms. The van der Waals surface area contributed by atoms with E-state index in [4.69, 9.17) is 15.2 Å². The van der Waals surface area contributed by atoms with Crippen molar-refractivity contribution >= 4 is 29.0 Å². The van der Waals surface area contributed by atoms with Gasteiger partial charge in [0.15, 0.2) is 0 Å². The van der Waals surface area contributed by atoms with Gasteiger partial charge < -0.3 is 20.5 Å². The maximum absolute atomic E-state index is 13.9. The van der Waals surface area contributed by atoms with Crippen LogP contribution in [0.3, 0.4) is 0 Å². The number of thiophene rings is 1. The monoisotopic (exact) mass is 645 g/mol. The number of ether oxygens (including phenoxy) is 2. The number of carbonyl (C=O) groups is 2. The van der Waals surface area contributed by atoms with E-state index in [1.165, 1.54) is 28.6 Å². The molecule has 0 aliphatic carbocycles. The molecule has 11 nitrogen and oxygen atoms in total. The maximum atomic E-state index is 13.9. The number of allylic oxidation sites excluding steroid dienone is 1. The molecule has 2 aliphatic heterocycles. The summed E-state index contributed by atoms with van der Waals surface area (Å²) in [4.78, 5) is 44.3. The standard InChI is InChI=1S/C34H39N5O6S/c1-23-29(33(40)44-17-16-37(2)22-28-14-8-18-46-28)30(25-11-6-12-26(19-25)39(42)43)31(32(35)36-23)34(41)45-27-13-7-15-38(21-27)20-24-9-4-3-5-10-24/h3-6,8-12,14,18-19,27,30,36H,7,13,15-17,20-22,35H2,1-2H3. The van der Waals surface area contributed by atoms with Gasteiger partial charge in [0.05, 0.1) is 22.0 Å². The highest BCUT2D eigenvalue weighted by Crippen LogP contribution is 2.39. The number of nitrogens with one attached hydrogen (secondary N) is 1. The van der Waals surface area contributed by atoms with Crippen LogP contribution in [0.15, 0.2) is 94.8 Å². The van der Waals surface area contributed by atoms with Crippen molar-refractivity contribution in [1.82, 2.24) is 15.1 Å². The fourth-order valence-electron chi connectivity index (χ4n) is 5.93. The topological polar surface area (TPSA) is 140 Å². The third kappa shape index (κ3) is 8.19. The van der Waals surface area contributed by atoms with Gasteiger partial charge in [-0.2, -0.15) is 0 Å². The Kier molecular flexibility index (Phi) is 10.8. The Morgan fingerprint density at radius 1 is 1.11 bits per heavy atom. The highest BCUT2D eigenvalue weighted by atomic mass is 32.1. The molecule has 1 aromatic heterocycles. The fourth-order valence-corrected chi connectivity index (χ4v) is 6.72. The Hall–Kier alpha value is -4.52. The van der Waals surface area contributed by atoms with Gasteiger partial charge in [-0.05, 0) is 55.9 Å². The quantitative estimate of drug-likeness (QED) is 0.162. The predicted molar refractivity (Wildman–Crippen MR) is 175 cm³/mol. The second-order valence-electron chi connectivity index (χ2n) is 11.6. The average Bonchev–Trinajstić information content (AvgIpc) is 3.54. The molecule has 3 aromatic rings. The first kappa shape index (κ1) is 32.9. The number of hydrogen-bond donors (Lipinski definition) is 2. The minimum Gasteiger partial charge on any atom is -0.461 e. The van der Waals surface area contributed by atoms with Crippen LogP contribution in [0.4, 0.5) is 5.69 Å². The van der Waals surface area contributed by atoms with Gasteiger partial charge >= 0.3 is 11.9 Å². The molecular formula is C34H39N5O6S. The number of rotatable bonds is 12. The molecule has 2 aromatic carbocycles. The zero-order valence-corrected chi connectivity index (χ0v) is 26.8. The second kappa shape index (κ2) is 15.2. The fraction of sp³-hybridized carbons (Fsp3) is 0.353. The molecule has 5 rings (SSSR count). The molecule has 2 atom stereocenters. The van der Waals surface area contributed by atoms with Crippen molar-refractivity contribution in [2.75, 3.05) is 33.3 Å². The summed E-state index contributed by atoms with van der Waals surface area (Å²) in [6, 6.07) is 20.0. The molecule has 3 heterocycles. The van der Waals surface area contributed by atoms with Crippen molar-refractivity contribution in [3.63, 3.8) is 0 Å². The van der Waals surface area contributed by atoms with Crippen molar-refractivity contribution in [1.29, 1.82) is 0 Å². The minimum absolute atomic E-state index is 0.0213. The maximum Gasteiger partial charge on any atom is 0.338 e. The third-order valence-corrected chi connectivity index (χ3v) is 9.01. The number of likely N-dealkylation sites (tertiary alicyclic amines) is 1. The van der Waals surface area contributed by atoms with Crippen LogP contribution < -0.4 is 11.1 Å². The molecular weight excluding hydrogens is 606 g/mol. The van der Waals surface area contributed by atoms with E-state index in [-0.39, 0.29) is 29.3 Å². The van der Waals surface area contributed by atoms with Crippen molar-refractivity contribution in [2.45, 2.75) is 44.9 Å². The summed E-state index contributed by atoms with van der Waals surface area (Å²) >= 11 is 1.65. The van der Waals surface area contributed by atoms with E-state index in [1.54, 1.807) is 24.3 Å². The van der Waals surface area contributed by atoms with Gasteiger partial charge in [-0.15, -0.1) is 11.3 Å². The molecule has 1 fully saturated rings. The molecule has 12 heteroatoms. The van der Waals surface area contributed by atoms with Crippen molar-refractivity contribution < 1.29 is 24.0 Å². The first-order valence-electron chi connectivity index (χ1n) is 15.3. The van der Waals surface area contributed by atoms with E-state index in [2.05, 4.69) is 22.3 Å². The summed E-state index contributed by atoms with van der Waals surface area (Å²) in [5.74, 6) is -2.32. The lowest BCUT2D eigenvalue weighted by atomic mass is 9.81. The molecule has 1 saturated heterocycles. The number of likely N-dealkylation sites (N-methyl/N-ethyl adjacent to an activating group) is 1. The van der Waals surface area contributed by atoms with Gasteiger partial charge in [-0.25, -0.2) is 9.59 Å². The Bertz CT molecular complexity index is 1610. The molecule has 0 bridgehead atoms.